The summed E-state index contributed by atoms with van der Waals surface area (Å²) in [4.78, 5) is 15.3. The van der Waals surface area contributed by atoms with E-state index in [4.69, 9.17) is 5.11 Å². The topological polar surface area (TPSA) is 86.0 Å². The van der Waals surface area contributed by atoms with Gasteiger partial charge >= 0.3 is 5.97 Å². The van der Waals surface area contributed by atoms with Gasteiger partial charge in [-0.1, -0.05) is 18.2 Å². The van der Waals surface area contributed by atoms with E-state index in [1.807, 2.05) is 24.3 Å². The molecule has 0 radical (unpaired) electrons. The van der Waals surface area contributed by atoms with Crippen LogP contribution in [-0.2, 0) is 4.79 Å². The number of anilines is 1. The van der Waals surface area contributed by atoms with E-state index in [1.165, 1.54) is 0 Å². The standard InChI is InChI=1S/C16H15N3O2/c17-8-11-9-18-14-4-2-1-3-13(14)15(11)19-12-6-5-10(7-12)16(20)21/h1-4,9-10,12H,5-7H2,(H,18,19)(H,20,21)/t10-,12+/m1/s1. The summed E-state index contributed by atoms with van der Waals surface area (Å²) < 4.78 is 0. The average molecular weight is 281 g/mol. The Kier molecular flexibility index (Phi) is 3.44. The van der Waals surface area contributed by atoms with Crippen LogP contribution >= 0.6 is 0 Å². The van der Waals surface area contributed by atoms with Crippen molar-refractivity contribution in [2.24, 2.45) is 5.92 Å². The number of carboxylic acid groups (broad SMARTS) is 1. The molecule has 0 aliphatic heterocycles. The summed E-state index contributed by atoms with van der Waals surface area (Å²) in [5.41, 5.74) is 2.08. The highest BCUT2D eigenvalue weighted by atomic mass is 16.4. The number of aromatic nitrogens is 1. The van der Waals surface area contributed by atoms with Gasteiger partial charge in [-0.2, -0.15) is 5.26 Å². The Hall–Kier alpha value is -2.61. The first-order valence-electron chi connectivity index (χ1n) is 6.96. The lowest BCUT2D eigenvalue weighted by atomic mass is 10.1. The first-order chi connectivity index (χ1) is 10.2. The maximum atomic E-state index is 11.0. The van der Waals surface area contributed by atoms with Gasteiger partial charge in [-0.3, -0.25) is 9.78 Å². The van der Waals surface area contributed by atoms with Crippen molar-refractivity contribution in [2.45, 2.75) is 25.3 Å². The zero-order valence-corrected chi connectivity index (χ0v) is 11.4. The Bertz CT molecular complexity index is 736. The molecule has 0 saturated heterocycles. The van der Waals surface area contributed by atoms with Crippen molar-refractivity contribution < 1.29 is 9.90 Å². The zero-order valence-electron chi connectivity index (χ0n) is 11.4. The molecule has 106 valence electrons. The van der Waals surface area contributed by atoms with Gasteiger partial charge in [-0.15, -0.1) is 0 Å². The Morgan fingerprint density at radius 3 is 2.90 bits per heavy atom. The van der Waals surface area contributed by atoms with Gasteiger partial charge in [0.05, 0.1) is 22.7 Å². The highest BCUT2D eigenvalue weighted by molar-refractivity contribution is 5.94. The lowest BCUT2D eigenvalue weighted by Gasteiger charge is -2.17. The number of carboxylic acids is 1. The number of aliphatic carboxylic acids is 1. The summed E-state index contributed by atoms with van der Waals surface area (Å²) >= 11 is 0. The first kappa shape index (κ1) is 13.4. The fourth-order valence-corrected chi connectivity index (χ4v) is 2.92. The summed E-state index contributed by atoms with van der Waals surface area (Å²) in [5.74, 6) is -1.03. The van der Waals surface area contributed by atoms with Crippen LogP contribution in [0.3, 0.4) is 0 Å². The summed E-state index contributed by atoms with van der Waals surface area (Å²) in [5, 5.41) is 22.6. The van der Waals surface area contributed by atoms with E-state index in [9.17, 15) is 10.1 Å². The quantitative estimate of drug-likeness (QED) is 0.903. The second-order valence-electron chi connectivity index (χ2n) is 5.37. The van der Waals surface area contributed by atoms with Gasteiger partial charge in [0.1, 0.15) is 6.07 Å². The van der Waals surface area contributed by atoms with E-state index >= 15 is 0 Å². The van der Waals surface area contributed by atoms with Crippen LogP contribution in [0.5, 0.6) is 0 Å². The molecule has 0 unspecified atom stereocenters. The SMILES string of the molecule is N#Cc1cnc2ccccc2c1N[C@H]1CC[C@@H](C(=O)O)C1. The molecule has 5 nitrogen and oxygen atoms in total. The molecule has 1 aromatic carbocycles. The second kappa shape index (κ2) is 5.41. The summed E-state index contributed by atoms with van der Waals surface area (Å²) in [6.07, 6.45) is 3.64. The number of para-hydroxylation sites is 1. The molecular formula is C16H15N3O2. The highest BCUT2D eigenvalue weighted by Gasteiger charge is 2.30. The van der Waals surface area contributed by atoms with Gasteiger partial charge < -0.3 is 10.4 Å². The van der Waals surface area contributed by atoms with Crippen molar-refractivity contribution in [3.8, 4) is 6.07 Å². The predicted octanol–water partition coefficient (Wildman–Crippen LogP) is 2.77. The number of hydrogen-bond acceptors (Lipinski definition) is 4. The third kappa shape index (κ3) is 2.52. The van der Waals surface area contributed by atoms with Crippen LogP contribution in [-0.4, -0.2) is 22.1 Å². The predicted molar refractivity (Wildman–Crippen MR) is 78.8 cm³/mol. The minimum absolute atomic E-state index is 0.0870. The number of benzene rings is 1. The summed E-state index contributed by atoms with van der Waals surface area (Å²) in [6, 6.07) is 9.88. The van der Waals surface area contributed by atoms with Crippen molar-refractivity contribution in [1.82, 2.24) is 4.98 Å². The molecule has 0 amide bonds. The Labute approximate surface area is 122 Å². The van der Waals surface area contributed by atoms with Crippen LogP contribution < -0.4 is 5.32 Å². The van der Waals surface area contributed by atoms with Gasteiger partial charge in [-0.25, -0.2) is 0 Å². The van der Waals surface area contributed by atoms with E-state index in [2.05, 4.69) is 16.4 Å². The molecular weight excluding hydrogens is 266 g/mol. The van der Waals surface area contributed by atoms with Crippen molar-refractivity contribution in [1.29, 1.82) is 5.26 Å². The number of nitrogens with one attached hydrogen (secondary N) is 1. The van der Waals surface area contributed by atoms with E-state index in [-0.39, 0.29) is 12.0 Å². The Morgan fingerprint density at radius 2 is 2.19 bits per heavy atom. The van der Waals surface area contributed by atoms with E-state index in [0.29, 0.717) is 18.4 Å². The lowest BCUT2D eigenvalue weighted by Crippen LogP contribution is -2.18. The molecule has 1 saturated carbocycles. The van der Waals surface area contributed by atoms with Crippen LogP contribution in [0.1, 0.15) is 24.8 Å². The van der Waals surface area contributed by atoms with Crippen molar-refractivity contribution in [3.05, 3.63) is 36.0 Å². The lowest BCUT2D eigenvalue weighted by molar-refractivity contribution is -0.141. The smallest absolute Gasteiger partial charge is 0.306 e. The van der Waals surface area contributed by atoms with Gasteiger partial charge in [-0.05, 0) is 25.3 Å². The number of carbonyl (C=O) groups is 1. The average Bonchev–Trinajstić information content (AvgIpc) is 2.96. The van der Waals surface area contributed by atoms with Gasteiger partial charge in [0, 0.05) is 17.6 Å². The molecule has 1 heterocycles. The van der Waals surface area contributed by atoms with E-state index in [1.54, 1.807) is 6.20 Å². The van der Waals surface area contributed by atoms with Gasteiger partial charge in [0.15, 0.2) is 0 Å². The Balaban J connectivity index is 1.93. The highest BCUT2D eigenvalue weighted by Crippen LogP contribution is 2.32. The molecule has 5 heteroatoms. The number of pyridine rings is 1. The molecule has 0 bridgehead atoms. The second-order valence-corrected chi connectivity index (χ2v) is 5.37. The third-order valence-electron chi connectivity index (χ3n) is 4.03. The fourth-order valence-electron chi connectivity index (χ4n) is 2.92. The number of nitrogens with zero attached hydrogens (tertiary/aromatic N) is 2. The van der Waals surface area contributed by atoms with Crippen molar-refractivity contribution >= 4 is 22.6 Å². The van der Waals surface area contributed by atoms with Gasteiger partial charge in [0.2, 0.25) is 0 Å². The van der Waals surface area contributed by atoms with Crippen molar-refractivity contribution in [3.63, 3.8) is 0 Å². The fraction of sp³-hybridized carbons (Fsp3) is 0.312. The minimum atomic E-state index is -0.737. The van der Waals surface area contributed by atoms with Crippen LogP contribution in [0.4, 0.5) is 5.69 Å². The maximum Gasteiger partial charge on any atom is 0.306 e. The largest absolute Gasteiger partial charge is 0.481 e. The van der Waals surface area contributed by atoms with E-state index in [0.717, 1.165) is 23.0 Å². The molecule has 0 spiro atoms. The van der Waals surface area contributed by atoms with Crippen LogP contribution in [0.2, 0.25) is 0 Å². The monoisotopic (exact) mass is 281 g/mol. The summed E-state index contributed by atoms with van der Waals surface area (Å²) in [7, 11) is 0. The molecule has 2 atom stereocenters. The zero-order chi connectivity index (χ0) is 14.8. The number of fused-ring (bicyclic) bond motifs is 1. The summed E-state index contributed by atoms with van der Waals surface area (Å²) in [6.45, 7) is 0. The first-order valence-corrected chi connectivity index (χ1v) is 6.96. The van der Waals surface area contributed by atoms with Crippen LogP contribution in [0.25, 0.3) is 10.9 Å². The Morgan fingerprint density at radius 1 is 1.38 bits per heavy atom. The minimum Gasteiger partial charge on any atom is -0.481 e. The van der Waals surface area contributed by atoms with Crippen LogP contribution in [0.15, 0.2) is 30.5 Å². The maximum absolute atomic E-state index is 11.0. The molecule has 1 aromatic heterocycles. The third-order valence-corrected chi connectivity index (χ3v) is 4.03. The molecule has 21 heavy (non-hydrogen) atoms. The number of hydrogen-bond donors (Lipinski definition) is 2. The molecule has 2 N–H and O–H groups in total. The molecule has 1 aliphatic rings. The number of nitriles is 1. The van der Waals surface area contributed by atoms with Crippen molar-refractivity contribution in [2.75, 3.05) is 5.32 Å². The molecule has 1 fully saturated rings. The van der Waals surface area contributed by atoms with Crippen LogP contribution in [0, 0.1) is 17.2 Å². The molecule has 1 aliphatic carbocycles. The van der Waals surface area contributed by atoms with E-state index < -0.39 is 5.97 Å². The molecule has 2 aromatic rings. The number of rotatable bonds is 3. The molecule has 3 rings (SSSR count). The normalized spacial score (nSPS) is 21.1. The van der Waals surface area contributed by atoms with Gasteiger partial charge in [0.25, 0.3) is 0 Å².